The number of rotatable bonds is 12. The van der Waals surface area contributed by atoms with Crippen LogP contribution in [0.5, 0.6) is 5.75 Å². The summed E-state index contributed by atoms with van der Waals surface area (Å²) in [5.41, 5.74) is -0.850. The number of benzene rings is 4. The highest BCUT2D eigenvalue weighted by atomic mass is 16.6. The second-order valence-corrected chi connectivity index (χ2v) is 12.6. The van der Waals surface area contributed by atoms with Crippen molar-refractivity contribution in [1.82, 2.24) is 19.5 Å². The number of ether oxygens (including phenoxy) is 3. The molecule has 4 aromatic carbocycles. The number of fused-ring (bicyclic) bond motifs is 1. The summed E-state index contributed by atoms with van der Waals surface area (Å²) in [6, 6.07) is 31.8. The van der Waals surface area contributed by atoms with Crippen LogP contribution in [-0.2, 0) is 27.0 Å². The predicted molar refractivity (Wildman–Crippen MR) is 195 cm³/mol. The van der Waals surface area contributed by atoms with Gasteiger partial charge in [-0.3, -0.25) is 20.0 Å². The Morgan fingerprint density at radius 3 is 2.20 bits per heavy atom. The molecule has 1 aliphatic heterocycles. The van der Waals surface area contributed by atoms with Crippen molar-refractivity contribution in [3.8, 4) is 5.75 Å². The molecule has 0 radical (unpaired) electrons. The molecule has 0 unspecified atom stereocenters. The van der Waals surface area contributed by atoms with Gasteiger partial charge in [0.1, 0.15) is 30.4 Å². The van der Waals surface area contributed by atoms with Gasteiger partial charge in [-0.05, 0) is 22.8 Å². The lowest BCUT2D eigenvalue weighted by atomic mass is 9.60. The second-order valence-electron chi connectivity index (χ2n) is 12.6. The summed E-state index contributed by atoms with van der Waals surface area (Å²) in [6.07, 6.45) is -2.52. The first-order valence-electron chi connectivity index (χ1n) is 17.0. The van der Waals surface area contributed by atoms with E-state index in [0.717, 1.165) is 5.56 Å². The first-order chi connectivity index (χ1) is 26.3. The Balaban J connectivity index is 1.37. The average Bonchev–Trinajstić information content (AvgIpc) is 3.76. The van der Waals surface area contributed by atoms with E-state index < -0.39 is 47.1 Å². The number of non-ortho nitro benzene ring substituents is 1. The van der Waals surface area contributed by atoms with Gasteiger partial charge in [-0.15, -0.1) is 0 Å². The molecule has 54 heavy (non-hydrogen) atoms. The molecule has 1 saturated heterocycles. The van der Waals surface area contributed by atoms with Crippen molar-refractivity contribution in [3.63, 3.8) is 0 Å². The van der Waals surface area contributed by atoms with Crippen molar-refractivity contribution in [2.24, 2.45) is 0 Å². The predicted octanol–water partition coefficient (Wildman–Crippen LogP) is 4.33. The molecule has 1 amide bonds. The van der Waals surface area contributed by atoms with Crippen LogP contribution in [0.3, 0.4) is 0 Å². The first kappa shape index (κ1) is 36.1. The maximum Gasteiger partial charge on any atom is 0.412 e. The topological polar surface area (TPSA) is 204 Å². The number of anilines is 1. The molecular formula is C39H36N6O9. The Hall–Kier alpha value is -6.26. The van der Waals surface area contributed by atoms with Gasteiger partial charge < -0.3 is 29.5 Å². The van der Waals surface area contributed by atoms with Crippen molar-refractivity contribution >= 4 is 28.8 Å². The third kappa shape index (κ3) is 5.98. The van der Waals surface area contributed by atoms with Crippen molar-refractivity contribution < 1.29 is 39.2 Å². The Bertz CT molecular complexity index is 2210. The zero-order valence-corrected chi connectivity index (χ0v) is 28.9. The number of hydrogen-bond donors (Lipinski definition) is 4. The smallest absolute Gasteiger partial charge is 0.412 e. The van der Waals surface area contributed by atoms with Crippen LogP contribution in [0, 0.1) is 10.1 Å². The number of carbonyl (C=O) groups excluding carboxylic acids is 1. The van der Waals surface area contributed by atoms with Crippen LogP contribution in [0.25, 0.3) is 11.2 Å². The number of nitrogens with zero attached hydrogens (tertiary/aromatic N) is 5. The molecule has 276 valence electrons. The van der Waals surface area contributed by atoms with Crippen molar-refractivity contribution in [2.75, 3.05) is 25.6 Å². The van der Waals surface area contributed by atoms with Gasteiger partial charge in [0.25, 0.3) is 5.69 Å². The quantitative estimate of drug-likeness (QED) is 0.0789. The molecule has 4 N–H and O–H groups in total. The molecule has 1 fully saturated rings. The van der Waals surface area contributed by atoms with Gasteiger partial charge in [-0.2, -0.15) is 0 Å². The van der Waals surface area contributed by atoms with Gasteiger partial charge >= 0.3 is 6.09 Å². The van der Waals surface area contributed by atoms with Crippen LogP contribution in [0.4, 0.5) is 16.3 Å². The number of carbonyl (C=O) groups is 1. The molecule has 0 saturated carbocycles. The van der Waals surface area contributed by atoms with Crippen molar-refractivity contribution in [2.45, 2.75) is 35.9 Å². The van der Waals surface area contributed by atoms with Crippen molar-refractivity contribution in [1.29, 1.82) is 0 Å². The van der Waals surface area contributed by atoms with E-state index in [0.29, 0.717) is 28.9 Å². The van der Waals surface area contributed by atoms with E-state index in [9.17, 15) is 30.2 Å². The number of amides is 1. The summed E-state index contributed by atoms with van der Waals surface area (Å²) < 4.78 is 19.7. The zero-order valence-electron chi connectivity index (χ0n) is 28.9. The standard InChI is InChI=1S/C39H36N6O9/c1-52-30-15-9-8-14-29(30)38(26-10-4-2-5-11-26,27-12-6-3-7-13-27)39(34(48)33(47)31(22-46)54-39)44-24-42-32-35(40-23-41-36(32)44)43-37(49)53-21-20-25-16-18-28(19-17-25)45(50)51/h2-19,23-24,31,33-34,46-48H,20-22H2,1H3,(H,40,41,43,49)/t31-,33-,34-,39+/m1/s1. The van der Waals surface area contributed by atoms with Gasteiger partial charge in [0.15, 0.2) is 22.7 Å². The van der Waals surface area contributed by atoms with Gasteiger partial charge in [-0.25, -0.2) is 19.7 Å². The molecular weight excluding hydrogens is 696 g/mol. The van der Waals surface area contributed by atoms with Crippen LogP contribution >= 0.6 is 0 Å². The van der Waals surface area contributed by atoms with E-state index in [4.69, 9.17) is 14.2 Å². The number of hydrogen-bond acceptors (Lipinski definition) is 12. The van der Waals surface area contributed by atoms with E-state index in [2.05, 4.69) is 20.3 Å². The minimum Gasteiger partial charge on any atom is -0.496 e. The normalized spacial score (nSPS) is 19.7. The Kier molecular flexibility index (Phi) is 10.0. The SMILES string of the molecule is COc1ccccc1C(c1ccccc1)(c1ccccc1)[C@@]1(n2cnc3c(NC(=O)OCCc4ccc([N+](=O)[O-])cc4)ncnc32)O[C@H](CO)[C@@H](O)[C@H]1O. The number of nitro groups is 1. The summed E-state index contributed by atoms with van der Waals surface area (Å²) in [5.74, 6) is 0.434. The zero-order chi connectivity index (χ0) is 37.9. The van der Waals surface area contributed by atoms with Gasteiger partial charge in [0, 0.05) is 24.1 Å². The highest BCUT2D eigenvalue weighted by Crippen LogP contribution is 2.59. The number of imidazole rings is 1. The summed E-state index contributed by atoms with van der Waals surface area (Å²) >= 11 is 0. The Morgan fingerprint density at radius 2 is 1.59 bits per heavy atom. The fourth-order valence-electron chi connectivity index (χ4n) is 7.40. The molecule has 6 aromatic rings. The highest BCUT2D eigenvalue weighted by Gasteiger charge is 2.69. The average molecular weight is 733 g/mol. The Labute approximate surface area is 308 Å². The number of aliphatic hydroxyl groups excluding tert-OH is 3. The van der Waals surface area contributed by atoms with Gasteiger partial charge in [-0.1, -0.05) is 91.0 Å². The Morgan fingerprint density at radius 1 is 0.944 bits per heavy atom. The second kappa shape index (κ2) is 15.0. The van der Waals surface area contributed by atoms with E-state index in [1.54, 1.807) is 18.2 Å². The lowest BCUT2D eigenvalue weighted by molar-refractivity contribution is -0.384. The fraction of sp³-hybridized carbons (Fsp3) is 0.231. The number of nitrogens with one attached hydrogen (secondary N) is 1. The summed E-state index contributed by atoms with van der Waals surface area (Å²) in [6.45, 7) is -0.669. The fourth-order valence-corrected chi connectivity index (χ4v) is 7.40. The molecule has 15 nitrogen and oxygen atoms in total. The largest absolute Gasteiger partial charge is 0.496 e. The van der Waals surface area contributed by atoms with Crippen LogP contribution in [-0.4, -0.2) is 84.5 Å². The lowest BCUT2D eigenvalue weighted by Crippen LogP contribution is -2.61. The molecule has 0 spiro atoms. The van der Waals surface area contributed by atoms with E-state index in [1.807, 2.05) is 78.9 Å². The van der Waals surface area contributed by atoms with Gasteiger partial charge in [0.2, 0.25) is 0 Å². The summed E-state index contributed by atoms with van der Waals surface area (Å²) in [4.78, 5) is 36.9. The van der Waals surface area contributed by atoms with Crippen molar-refractivity contribution in [3.05, 3.63) is 154 Å². The monoisotopic (exact) mass is 732 g/mol. The molecule has 2 aromatic heterocycles. The number of aromatic nitrogens is 4. The number of methoxy groups -OCH3 is 1. The number of aliphatic hydroxyl groups is 3. The van der Waals surface area contributed by atoms with Crippen LogP contribution in [0.2, 0.25) is 0 Å². The maximum absolute atomic E-state index is 13.0. The van der Waals surface area contributed by atoms with Crippen LogP contribution in [0.15, 0.2) is 122 Å². The third-order valence-corrected chi connectivity index (χ3v) is 9.76. The summed E-state index contributed by atoms with van der Waals surface area (Å²) in [7, 11) is 1.53. The molecule has 0 bridgehead atoms. The summed E-state index contributed by atoms with van der Waals surface area (Å²) in [5, 5.41) is 48.3. The highest BCUT2D eigenvalue weighted by molar-refractivity contribution is 5.93. The van der Waals surface area contributed by atoms with Gasteiger partial charge in [0.05, 0.1) is 37.0 Å². The molecule has 0 aliphatic carbocycles. The number of nitro benzene ring substituents is 1. The molecule has 7 rings (SSSR count). The molecule has 1 aliphatic rings. The van der Waals surface area contributed by atoms with E-state index >= 15 is 0 Å². The lowest BCUT2D eigenvalue weighted by Gasteiger charge is -2.51. The molecule has 4 atom stereocenters. The minimum atomic E-state index is -2.04. The minimum absolute atomic E-state index is 0.0108. The maximum atomic E-state index is 13.0. The van der Waals surface area contributed by atoms with E-state index in [-0.39, 0.29) is 29.3 Å². The van der Waals surface area contributed by atoms with Crippen LogP contribution < -0.4 is 10.1 Å². The third-order valence-electron chi connectivity index (χ3n) is 9.76. The van der Waals surface area contributed by atoms with E-state index in [1.165, 1.54) is 36.5 Å². The number of para-hydroxylation sites is 1. The molecule has 3 heterocycles. The van der Waals surface area contributed by atoms with Crippen LogP contribution in [0.1, 0.15) is 22.3 Å². The molecule has 15 heteroatoms. The first-order valence-corrected chi connectivity index (χ1v) is 17.0.